The molecule has 0 unspecified atom stereocenters. The van der Waals surface area contributed by atoms with E-state index in [1.807, 2.05) is 0 Å². The Bertz CT molecular complexity index is 177. The molecule has 9 heavy (non-hydrogen) atoms. The second-order valence-electron chi connectivity index (χ2n) is 1.59. The van der Waals surface area contributed by atoms with Gasteiger partial charge in [-0.05, 0) is 6.92 Å². The molecule has 0 atom stereocenters. The van der Waals surface area contributed by atoms with Gasteiger partial charge in [-0.25, -0.2) is 0 Å². The van der Waals surface area contributed by atoms with Crippen molar-refractivity contribution < 1.29 is 14.4 Å². The Labute approximate surface area is 53.9 Å². The number of hydrogen-bond acceptors (Lipinski definition) is 1. The van der Waals surface area contributed by atoms with Gasteiger partial charge in [0.1, 0.15) is 0 Å². The second kappa shape index (κ2) is 2.97. The minimum absolute atomic E-state index is 0.0394. The molecular weight excluding hydrogens is 139 g/mol. The van der Waals surface area contributed by atoms with E-state index in [2.05, 4.69) is 6.58 Å². The Morgan fingerprint density at radius 2 is 2.11 bits per heavy atom. The molecule has 4 heteroatoms. The van der Waals surface area contributed by atoms with Crippen LogP contribution in [0.15, 0.2) is 24.0 Å². The van der Waals surface area contributed by atoms with Crippen molar-refractivity contribution in [2.75, 3.05) is 0 Å². The topological polar surface area (TPSA) is 57.5 Å². The summed E-state index contributed by atoms with van der Waals surface area (Å²) >= 11 is 0. The van der Waals surface area contributed by atoms with Gasteiger partial charge in [-0.2, -0.15) is 0 Å². The van der Waals surface area contributed by atoms with Crippen LogP contribution in [-0.2, 0) is 4.57 Å². The van der Waals surface area contributed by atoms with Crippen molar-refractivity contribution in [1.82, 2.24) is 0 Å². The molecule has 0 saturated heterocycles. The molecule has 2 N–H and O–H groups in total. The van der Waals surface area contributed by atoms with E-state index in [1.54, 1.807) is 0 Å². The molecule has 0 radical (unpaired) electrons. The number of rotatable bonds is 2. The fourth-order valence-electron chi connectivity index (χ4n) is 0.268. The summed E-state index contributed by atoms with van der Waals surface area (Å²) in [5.41, 5.74) is 0. The van der Waals surface area contributed by atoms with Gasteiger partial charge in [-0.1, -0.05) is 18.7 Å². The summed E-state index contributed by atoms with van der Waals surface area (Å²) in [7, 11) is -3.98. The third-order valence-corrected chi connectivity index (χ3v) is 1.89. The molecule has 52 valence electrons. The predicted molar refractivity (Wildman–Crippen MR) is 36.0 cm³/mol. The number of allylic oxidation sites excluding steroid dienone is 3. The van der Waals surface area contributed by atoms with Crippen molar-refractivity contribution in [3.63, 3.8) is 0 Å². The first-order valence-corrected chi connectivity index (χ1v) is 3.95. The first-order chi connectivity index (χ1) is 3.98. The summed E-state index contributed by atoms with van der Waals surface area (Å²) in [6, 6.07) is 0. The molecule has 0 spiro atoms. The van der Waals surface area contributed by atoms with Gasteiger partial charge in [0, 0.05) is 5.31 Å². The normalized spacial score (nSPS) is 13.4. The van der Waals surface area contributed by atoms with Crippen LogP contribution >= 0.6 is 7.60 Å². The average molecular weight is 148 g/mol. The van der Waals surface area contributed by atoms with Gasteiger partial charge >= 0.3 is 7.60 Å². The molecule has 0 amide bonds. The third kappa shape index (κ3) is 3.25. The molecule has 0 aliphatic carbocycles. The highest BCUT2D eigenvalue weighted by atomic mass is 31.2. The molecule has 0 aliphatic heterocycles. The van der Waals surface area contributed by atoms with E-state index in [-0.39, 0.29) is 5.31 Å². The minimum atomic E-state index is -3.98. The van der Waals surface area contributed by atoms with Gasteiger partial charge in [0.2, 0.25) is 0 Å². The zero-order valence-corrected chi connectivity index (χ0v) is 6.01. The summed E-state index contributed by atoms with van der Waals surface area (Å²) in [6.07, 6.45) is 2.63. The van der Waals surface area contributed by atoms with E-state index in [1.165, 1.54) is 19.1 Å². The van der Waals surface area contributed by atoms with Crippen LogP contribution in [0.1, 0.15) is 6.92 Å². The molecule has 0 aromatic rings. The second-order valence-corrected chi connectivity index (χ2v) is 3.38. The molecule has 0 aliphatic rings. The highest BCUT2D eigenvalue weighted by Crippen LogP contribution is 2.44. The Balaban J connectivity index is 4.39. The predicted octanol–water partition coefficient (Wildman–Crippen LogP) is 1.25. The lowest BCUT2D eigenvalue weighted by Gasteiger charge is -2.00. The largest absolute Gasteiger partial charge is 0.351 e. The molecular formula is C5H9O3P. The molecule has 3 nitrogen and oxygen atoms in total. The fourth-order valence-corrected chi connectivity index (χ4v) is 0.567. The van der Waals surface area contributed by atoms with Crippen molar-refractivity contribution in [2.24, 2.45) is 0 Å². The highest BCUT2D eigenvalue weighted by molar-refractivity contribution is 7.56. The summed E-state index contributed by atoms with van der Waals surface area (Å²) in [5, 5.41) is 0.0394. The van der Waals surface area contributed by atoms with Gasteiger partial charge in [-0.3, -0.25) is 4.57 Å². The summed E-state index contributed by atoms with van der Waals surface area (Å²) in [6.45, 7) is 4.66. The summed E-state index contributed by atoms with van der Waals surface area (Å²) in [5.74, 6) is 0. The Morgan fingerprint density at radius 1 is 1.67 bits per heavy atom. The zero-order valence-electron chi connectivity index (χ0n) is 5.11. The minimum Gasteiger partial charge on any atom is -0.321 e. The van der Waals surface area contributed by atoms with Crippen LogP contribution in [0.3, 0.4) is 0 Å². The van der Waals surface area contributed by atoms with Gasteiger partial charge in [0.15, 0.2) is 0 Å². The summed E-state index contributed by atoms with van der Waals surface area (Å²) in [4.78, 5) is 16.8. The first-order valence-electron chi connectivity index (χ1n) is 2.34. The molecule has 0 fully saturated rings. The Morgan fingerprint density at radius 3 is 2.22 bits per heavy atom. The third-order valence-electron chi connectivity index (χ3n) is 0.819. The van der Waals surface area contributed by atoms with Gasteiger partial charge in [0.05, 0.1) is 0 Å². The van der Waals surface area contributed by atoms with Crippen LogP contribution in [-0.4, -0.2) is 9.79 Å². The molecule has 0 rings (SSSR count). The average Bonchev–Trinajstić information content (AvgIpc) is 1.64. The monoisotopic (exact) mass is 148 g/mol. The first kappa shape index (κ1) is 8.63. The molecule has 0 heterocycles. The van der Waals surface area contributed by atoms with E-state index in [9.17, 15) is 4.57 Å². The SMILES string of the molecule is C=C/C=C(/C)P(=O)(O)O. The van der Waals surface area contributed by atoms with Crippen LogP contribution in [0.4, 0.5) is 0 Å². The van der Waals surface area contributed by atoms with Crippen LogP contribution < -0.4 is 0 Å². The molecule has 0 aromatic carbocycles. The molecule has 0 bridgehead atoms. The standard InChI is InChI=1S/C5H9O3P/c1-3-4-5(2)9(6,7)8/h3-4H,1H2,2H3,(H2,6,7,8)/b5-4-. The highest BCUT2D eigenvalue weighted by Gasteiger charge is 2.13. The molecule has 0 saturated carbocycles. The van der Waals surface area contributed by atoms with Gasteiger partial charge in [-0.15, -0.1) is 0 Å². The van der Waals surface area contributed by atoms with E-state index < -0.39 is 7.60 Å². The van der Waals surface area contributed by atoms with Crippen molar-refractivity contribution in [3.8, 4) is 0 Å². The smallest absolute Gasteiger partial charge is 0.321 e. The van der Waals surface area contributed by atoms with E-state index in [0.717, 1.165) is 0 Å². The van der Waals surface area contributed by atoms with Crippen LogP contribution in [0.2, 0.25) is 0 Å². The molecule has 0 aromatic heterocycles. The lowest BCUT2D eigenvalue weighted by atomic mass is 10.5. The van der Waals surface area contributed by atoms with Crippen LogP contribution in [0.25, 0.3) is 0 Å². The maximum absolute atomic E-state index is 10.3. The van der Waals surface area contributed by atoms with Gasteiger partial charge in [0.25, 0.3) is 0 Å². The van der Waals surface area contributed by atoms with E-state index in [4.69, 9.17) is 9.79 Å². The van der Waals surface area contributed by atoms with Crippen LogP contribution in [0.5, 0.6) is 0 Å². The lowest BCUT2D eigenvalue weighted by Crippen LogP contribution is -1.77. The van der Waals surface area contributed by atoms with Crippen molar-refractivity contribution >= 4 is 7.60 Å². The van der Waals surface area contributed by atoms with Crippen LogP contribution in [0, 0.1) is 0 Å². The van der Waals surface area contributed by atoms with Gasteiger partial charge < -0.3 is 9.79 Å². The van der Waals surface area contributed by atoms with Crippen molar-refractivity contribution in [3.05, 3.63) is 24.0 Å². The summed E-state index contributed by atoms with van der Waals surface area (Å²) < 4.78 is 10.3. The fraction of sp³-hybridized carbons (Fsp3) is 0.200. The number of hydrogen-bond donors (Lipinski definition) is 2. The van der Waals surface area contributed by atoms with Crippen molar-refractivity contribution in [1.29, 1.82) is 0 Å². The Kier molecular flexibility index (Phi) is 2.85. The Hall–Kier alpha value is -0.370. The van der Waals surface area contributed by atoms with E-state index >= 15 is 0 Å². The zero-order chi connectivity index (χ0) is 7.49. The quantitative estimate of drug-likeness (QED) is 0.457. The maximum Gasteiger partial charge on any atom is 0.351 e. The van der Waals surface area contributed by atoms with Crippen molar-refractivity contribution in [2.45, 2.75) is 6.92 Å². The van der Waals surface area contributed by atoms with E-state index in [0.29, 0.717) is 0 Å². The lowest BCUT2D eigenvalue weighted by molar-refractivity contribution is 0.382. The maximum atomic E-state index is 10.3.